The highest BCUT2D eigenvalue weighted by molar-refractivity contribution is 6.00. The first-order chi connectivity index (χ1) is 16.7. The van der Waals surface area contributed by atoms with Gasteiger partial charge in [-0.1, -0.05) is 6.07 Å². The van der Waals surface area contributed by atoms with Crippen LogP contribution in [0.3, 0.4) is 0 Å². The average Bonchev–Trinajstić information content (AvgIpc) is 2.84. The molecule has 0 radical (unpaired) electrons. The van der Waals surface area contributed by atoms with Gasteiger partial charge in [0.1, 0.15) is 11.9 Å². The lowest BCUT2D eigenvalue weighted by Gasteiger charge is -2.49. The summed E-state index contributed by atoms with van der Waals surface area (Å²) >= 11 is 0. The van der Waals surface area contributed by atoms with Gasteiger partial charge in [0.25, 0.3) is 5.91 Å². The maximum absolute atomic E-state index is 14.8. The number of nitrogens with zero attached hydrogens (tertiary/aromatic N) is 5. The Morgan fingerprint density at radius 2 is 1.77 bits per heavy atom. The number of rotatable bonds is 4. The Morgan fingerprint density at radius 3 is 2.43 bits per heavy atom. The smallest absolute Gasteiger partial charge is 0.434 e. The highest BCUT2D eigenvalue weighted by Gasteiger charge is 2.45. The van der Waals surface area contributed by atoms with Gasteiger partial charge in [0, 0.05) is 6.54 Å². The van der Waals surface area contributed by atoms with Crippen LogP contribution in [0.5, 0.6) is 5.88 Å². The lowest BCUT2D eigenvalue weighted by Crippen LogP contribution is -2.59. The molecule has 2 bridgehead atoms. The number of piperidine rings is 2. The van der Waals surface area contributed by atoms with E-state index >= 15 is 0 Å². The predicted octanol–water partition coefficient (Wildman–Crippen LogP) is 4.30. The average molecular weight is 491 g/mol. The molecule has 1 saturated carbocycles. The van der Waals surface area contributed by atoms with Crippen LogP contribution >= 0.6 is 0 Å². The van der Waals surface area contributed by atoms with E-state index in [1.54, 1.807) is 4.90 Å². The van der Waals surface area contributed by atoms with E-state index in [-0.39, 0.29) is 28.7 Å². The van der Waals surface area contributed by atoms with E-state index in [4.69, 9.17) is 4.74 Å². The summed E-state index contributed by atoms with van der Waals surface area (Å²) in [7, 11) is 0. The first kappa shape index (κ1) is 23.1. The van der Waals surface area contributed by atoms with Crippen LogP contribution in [-0.4, -0.2) is 49.4 Å². The molecule has 35 heavy (non-hydrogen) atoms. The van der Waals surface area contributed by atoms with Crippen molar-refractivity contribution >= 4 is 5.91 Å². The van der Waals surface area contributed by atoms with Crippen molar-refractivity contribution in [1.82, 2.24) is 24.8 Å². The minimum absolute atomic E-state index is 0.0252. The number of benzene rings is 1. The molecule has 1 aliphatic carbocycles. The molecule has 0 N–H and O–H groups in total. The Kier molecular flexibility index (Phi) is 5.81. The van der Waals surface area contributed by atoms with Crippen molar-refractivity contribution in [3.05, 3.63) is 65.9 Å². The summed E-state index contributed by atoms with van der Waals surface area (Å²) in [4.78, 5) is 29.9. The minimum Gasteiger partial charge on any atom is -0.471 e. The molecule has 4 heterocycles. The Morgan fingerprint density at radius 1 is 1.00 bits per heavy atom. The van der Waals surface area contributed by atoms with Gasteiger partial charge in [0.2, 0.25) is 5.88 Å². The fraction of sp³-hybridized carbons (Fsp3) is 0.348. The van der Waals surface area contributed by atoms with Crippen molar-refractivity contribution in [2.24, 2.45) is 5.92 Å². The number of carbonyl (C=O) groups excluding carboxylic acids is 1. The van der Waals surface area contributed by atoms with Crippen molar-refractivity contribution in [2.45, 2.75) is 37.6 Å². The Hall–Kier alpha value is -3.70. The lowest BCUT2D eigenvalue weighted by molar-refractivity contribution is -0.141. The van der Waals surface area contributed by atoms with E-state index in [0.29, 0.717) is 25.6 Å². The maximum atomic E-state index is 14.8. The molecule has 6 rings (SSSR count). The number of aromatic nitrogens is 4. The lowest BCUT2D eigenvalue weighted by atomic mass is 9.77. The molecule has 2 aromatic heterocycles. The van der Waals surface area contributed by atoms with Crippen molar-refractivity contribution < 1.29 is 31.5 Å². The van der Waals surface area contributed by atoms with E-state index < -0.39 is 41.6 Å². The maximum Gasteiger partial charge on any atom is 0.434 e. The molecule has 3 unspecified atom stereocenters. The van der Waals surface area contributed by atoms with Crippen LogP contribution in [0.1, 0.15) is 35.3 Å². The zero-order valence-electron chi connectivity index (χ0n) is 18.0. The molecule has 2 saturated heterocycles. The number of hydrogen-bond donors (Lipinski definition) is 0. The standard InChI is InChI=1S/C23H18F5N5O2/c24-13-7-31-21(32-8-13)20-14(2-1-3-15(20)25)22(34)33-11-12-4-5-16(33)17(6-12)35-19-10-29-18(9-30-19)23(26,27)28/h1-3,7-10,12,16-17H,4-6,11H2. The third-order valence-electron chi connectivity index (χ3n) is 6.26. The van der Waals surface area contributed by atoms with Gasteiger partial charge < -0.3 is 9.64 Å². The first-order valence-corrected chi connectivity index (χ1v) is 10.8. The summed E-state index contributed by atoms with van der Waals surface area (Å²) in [5.74, 6) is -1.99. The third kappa shape index (κ3) is 4.52. The molecule has 3 atom stereocenters. The number of fused-ring (bicyclic) bond motifs is 3. The molecule has 0 spiro atoms. The van der Waals surface area contributed by atoms with Gasteiger partial charge >= 0.3 is 6.18 Å². The van der Waals surface area contributed by atoms with Gasteiger partial charge in [-0.3, -0.25) is 4.79 Å². The minimum atomic E-state index is -4.62. The Bertz CT molecular complexity index is 1240. The predicted molar refractivity (Wildman–Crippen MR) is 111 cm³/mol. The second-order valence-electron chi connectivity index (χ2n) is 8.49. The zero-order valence-corrected chi connectivity index (χ0v) is 18.0. The molecular formula is C23H18F5N5O2. The van der Waals surface area contributed by atoms with Gasteiger partial charge in [-0.25, -0.2) is 28.7 Å². The summed E-state index contributed by atoms with van der Waals surface area (Å²) in [6.45, 7) is 0.419. The summed E-state index contributed by atoms with van der Waals surface area (Å²) in [5.41, 5.74) is -1.24. The van der Waals surface area contributed by atoms with Crippen molar-refractivity contribution in [3.63, 3.8) is 0 Å². The number of alkyl halides is 3. The Balaban J connectivity index is 1.41. The quantitative estimate of drug-likeness (QED) is 0.507. The summed E-state index contributed by atoms with van der Waals surface area (Å²) in [6, 6.07) is 3.61. The van der Waals surface area contributed by atoms with Crippen LogP contribution in [0.4, 0.5) is 22.0 Å². The monoisotopic (exact) mass is 491 g/mol. The van der Waals surface area contributed by atoms with Crippen LogP contribution in [0.25, 0.3) is 11.4 Å². The van der Waals surface area contributed by atoms with E-state index in [1.807, 2.05) is 0 Å². The fourth-order valence-corrected chi connectivity index (χ4v) is 4.70. The fourth-order valence-electron chi connectivity index (χ4n) is 4.70. The number of halogens is 5. The number of ether oxygens (including phenoxy) is 1. The normalized spacial score (nSPS) is 21.7. The van der Waals surface area contributed by atoms with Gasteiger partial charge in [0.15, 0.2) is 17.3 Å². The Labute approximate surface area is 196 Å². The topological polar surface area (TPSA) is 81.1 Å². The number of hydrogen-bond acceptors (Lipinski definition) is 6. The highest BCUT2D eigenvalue weighted by atomic mass is 19.4. The van der Waals surface area contributed by atoms with Crippen LogP contribution < -0.4 is 4.74 Å². The second-order valence-corrected chi connectivity index (χ2v) is 8.49. The summed E-state index contributed by atoms with van der Waals surface area (Å²) < 4.78 is 72.2. The van der Waals surface area contributed by atoms with Crippen molar-refractivity contribution in [2.75, 3.05) is 6.54 Å². The first-order valence-electron chi connectivity index (χ1n) is 10.8. The SMILES string of the molecule is O=C(c1cccc(F)c1-c1ncc(F)cn1)N1CC2CCC1C(Oc1cnc(C(F)(F)F)cn1)C2. The van der Waals surface area contributed by atoms with Gasteiger partial charge in [0.05, 0.1) is 42.0 Å². The molecule has 3 aliphatic rings. The molecule has 2 aliphatic heterocycles. The van der Waals surface area contributed by atoms with E-state index in [1.165, 1.54) is 12.1 Å². The third-order valence-corrected chi connectivity index (χ3v) is 6.26. The zero-order chi connectivity index (χ0) is 24.7. The van der Waals surface area contributed by atoms with Gasteiger partial charge in [-0.05, 0) is 37.3 Å². The van der Waals surface area contributed by atoms with Crippen molar-refractivity contribution in [1.29, 1.82) is 0 Å². The molecule has 182 valence electrons. The van der Waals surface area contributed by atoms with Crippen LogP contribution in [0, 0.1) is 17.6 Å². The molecule has 3 fully saturated rings. The largest absolute Gasteiger partial charge is 0.471 e. The molecule has 7 nitrogen and oxygen atoms in total. The molecular weight excluding hydrogens is 473 g/mol. The highest BCUT2D eigenvalue weighted by Crippen LogP contribution is 2.39. The van der Waals surface area contributed by atoms with Gasteiger partial charge in [-0.15, -0.1) is 0 Å². The van der Waals surface area contributed by atoms with Crippen molar-refractivity contribution in [3.8, 4) is 17.3 Å². The van der Waals surface area contributed by atoms with Crippen LogP contribution in [0.2, 0.25) is 0 Å². The number of carbonyl (C=O) groups is 1. The summed E-state index contributed by atoms with van der Waals surface area (Å²) in [6.07, 6.45) is 0.202. The molecule has 3 aromatic rings. The van der Waals surface area contributed by atoms with E-state index in [0.717, 1.165) is 31.1 Å². The molecule has 1 amide bonds. The number of amides is 1. The van der Waals surface area contributed by atoms with E-state index in [9.17, 15) is 26.7 Å². The summed E-state index contributed by atoms with van der Waals surface area (Å²) in [5, 5.41) is 0. The molecule has 12 heteroatoms. The second kappa shape index (κ2) is 8.82. The molecule has 1 aromatic carbocycles. The van der Waals surface area contributed by atoms with Crippen LogP contribution in [0.15, 0.2) is 43.0 Å². The van der Waals surface area contributed by atoms with Crippen LogP contribution in [-0.2, 0) is 6.18 Å². The van der Waals surface area contributed by atoms with E-state index in [2.05, 4.69) is 19.9 Å². The van der Waals surface area contributed by atoms with Gasteiger partial charge in [-0.2, -0.15) is 13.2 Å².